The maximum atomic E-state index is 12.5. The highest BCUT2D eigenvalue weighted by atomic mass is 35.5. The van der Waals surface area contributed by atoms with Crippen molar-refractivity contribution in [1.82, 2.24) is 19.7 Å². The summed E-state index contributed by atoms with van der Waals surface area (Å²) in [6.45, 7) is 1.77. The zero-order chi connectivity index (χ0) is 16.2. The Hall–Kier alpha value is -2.08. The van der Waals surface area contributed by atoms with E-state index in [1.807, 2.05) is 24.2 Å². The van der Waals surface area contributed by atoms with Gasteiger partial charge in [0.25, 0.3) is 0 Å². The van der Waals surface area contributed by atoms with E-state index in [1.165, 1.54) is 5.56 Å². The second-order valence-electron chi connectivity index (χ2n) is 5.76. The first-order valence-electron chi connectivity index (χ1n) is 7.75. The largest absolute Gasteiger partial charge is 0.373 e. The lowest BCUT2D eigenvalue weighted by molar-refractivity contribution is -0.133. The molecule has 1 fully saturated rings. The van der Waals surface area contributed by atoms with E-state index in [4.69, 9.17) is 11.6 Å². The lowest BCUT2D eigenvalue weighted by Gasteiger charge is -2.33. The summed E-state index contributed by atoms with van der Waals surface area (Å²) in [5.41, 5.74) is 1.23. The number of carbonyl (C=O) groups is 1. The summed E-state index contributed by atoms with van der Waals surface area (Å²) in [5.74, 6) is 1.29. The molecule has 1 atom stereocenters. The number of hydrogen-bond acceptors (Lipinski definition) is 4. The molecular formula is C16H20ClN5O. The molecular weight excluding hydrogens is 314 g/mol. The number of nitrogens with one attached hydrogen (secondary N) is 1. The summed E-state index contributed by atoms with van der Waals surface area (Å²) < 4.78 is 1.58. The minimum Gasteiger partial charge on any atom is -0.373 e. The van der Waals surface area contributed by atoms with Crippen molar-refractivity contribution in [3.8, 4) is 0 Å². The first-order chi connectivity index (χ1) is 11.2. The van der Waals surface area contributed by atoms with E-state index in [-0.39, 0.29) is 12.5 Å². The number of carbonyl (C=O) groups excluding carboxylic acids is 1. The van der Waals surface area contributed by atoms with Crippen molar-refractivity contribution < 1.29 is 4.79 Å². The summed E-state index contributed by atoms with van der Waals surface area (Å²) in [5, 5.41) is 7.68. The molecule has 3 heterocycles. The van der Waals surface area contributed by atoms with E-state index >= 15 is 0 Å². The molecule has 0 bridgehead atoms. The van der Waals surface area contributed by atoms with Crippen LogP contribution < -0.4 is 5.32 Å². The average Bonchev–Trinajstić information content (AvgIpc) is 3.00. The molecule has 6 nitrogen and oxygen atoms in total. The molecule has 0 unspecified atom stereocenters. The molecule has 0 saturated carbocycles. The lowest BCUT2D eigenvalue weighted by Crippen LogP contribution is -2.40. The van der Waals surface area contributed by atoms with Crippen LogP contribution in [0.2, 0.25) is 5.02 Å². The SMILES string of the molecule is CNc1cc([C@@H]2CCCN(C(=O)Cn3cc(Cl)cn3)C2)ccn1. The second kappa shape index (κ2) is 7.00. The summed E-state index contributed by atoms with van der Waals surface area (Å²) in [6.07, 6.45) is 7.12. The lowest BCUT2D eigenvalue weighted by atomic mass is 9.91. The maximum absolute atomic E-state index is 12.5. The van der Waals surface area contributed by atoms with E-state index in [1.54, 1.807) is 17.1 Å². The minimum absolute atomic E-state index is 0.0809. The molecule has 3 rings (SSSR count). The van der Waals surface area contributed by atoms with Crippen LogP contribution >= 0.6 is 11.6 Å². The molecule has 1 aliphatic heterocycles. The molecule has 1 aliphatic rings. The molecule has 2 aromatic heterocycles. The zero-order valence-corrected chi connectivity index (χ0v) is 13.8. The van der Waals surface area contributed by atoms with E-state index in [0.717, 1.165) is 31.7 Å². The van der Waals surface area contributed by atoms with Gasteiger partial charge in [-0.3, -0.25) is 9.48 Å². The number of amides is 1. The Labute approximate surface area is 140 Å². The standard InChI is InChI=1S/C16H20ClN5O/c1-18-15-7-12(4-5-19-15)13-3-2-6-21(9-13)16(23)11-22-10-14(17)8-20-22/h4-5,7-8,10,13H,2-3,6,9,11H2,1H3,(H,18,19)/t13-/m1/s1. The number of halogens is 1. The average molecular weight is 334 g/mol. The van der Waals surface area contributed by atoms with Crippen LogP contribution in [0.5, 0.6) is 0 Å². The van der Waals surface area contributed by atoms with Gasteiger partial charge in [0, 0.05) is 38.4 Å². The van der Waals surface area contributed by atoms with Crippen LogP contribution in [0.25, 0.3) is 0 Å². The number of nitrogens with zero attached hydrogens (tertiary/aromatic N) is 4. The van der Waals surface area contributed by atoms with Crippen LogP contribution in [-0.4, -0.2) is 45.7 Å². The fourth-order valence-electron chi connectivity index (χ4n) is 2.98. The van der Waals surface area contributed by atoms with E-state index in [2.05, 4.69) is 21.5 Å². The van der Waals surface area contributed by atoms with E-state index in [9.17, 15) is 4.79 Å². The Morgan fingerprint density at radius 1 is 1.52 bits per heavy atom. The van der Waals surface area contributed by atoms with Crippen molar-refractivity contribution in [3.63, 3.8) is 0 Å². The Kier molecular flexibility index (Phi) is 4.81. The number of likely N-dealkylation sites (tertiary alicyclic amines) is 1. The van der Waals surface area contributed by atoms with Crippen LogP contribution in [0.4, 0.5) is 5.82 Å². The molecule has 1 saturated heterocycles. The van der Waals surface area contributed by atoms with Gasteiger partial charge in [-0.25, -0.2) is 4.98 Å². The van der Waals surface area contributed by atoms with Gasteiger partial charge >= 0.3 is 0 Å². The molecule has 0 spiro atoms. The van der Waals surface area contributed by atoms with Crippen LogP contribution in [0.1, 0.15) is 24.3 Å². The van der Waals surface area contributed by atoms with Crippen molar-refractivity contribution >= 4 is 23.3 Å². The fraction of sp³-hybridized carbons (Fsp3) is 0.438. The third-order valence-corrected chi connectivity index (χ3v) is 4.38. The van der Waals surface area contributed by atoms with Crippen molar-refractivity contribution in [2.24, 2.45) is 0 Å². The van der Waals surface area contributed by atoms with Crippen LogP contribution in [-0.2, 0) is 11.3 Å². The summed E-state index contributed by atoms with van der Waals surface area (Å²) in [4.78, 5) is 18.6. The smallest absolute Gasteiger partial charge is 0.244 e. The number of piperidine rings is 1. The first-order valence-corrected chi connectivity index (χ1v) is 8.13. The van der Waals surface area contributed by atoms with Crippen LogP contribution in [0.3, 0.4) is 0 Å². The topological polar surface area (TPSA) is 63.1 Å². The quantitative estimate of drug-likeness (QED) is 0.933. The van der Waals surface area contributed by atoms with Crippen molar-refractivity contribution in [3.05, 3.63) is 41.3 Å². The Balaban J connectivity index is 1.66. The highest BCUT2D eigenvalue weighted by molar-refractivity contribution is 6.30. The number of rotatable bonds is 4. The van der Waals surface area contributed by atoms with Gasteiger partial charge in [0.15, 0.2) is 0 Å². The molecule has 0 aliphatic carbocycles. The highest BCUT2D eigenvalue weighted by Crippen LogP contribution is 2.28. The van der Waals surface area contributed by atoms with Gasteiger partial charge in [0.1, 0.15) is 12.4 Å². The monoisotopic (exact) mass is 333 g/mol. The minimum atomic E-state index is 0.0809. The normalized spacial score (nSPS) is 18.0. The first kappa shape index (κ1) is 15.8. The molecule has 2 aromatic rings. The number of pyridine rings is 1. The van der Waals surface area contributed by atoms with Gasteiger partial charge in [0.2, 0.25) is 5.91 Å². The van der Waals surface area contributed by atoms with Crippen molar-refractivity contribution in [2.45, 2.75) is 25.3 Å². The van der Waals surface area contributed by atoms with Crippen LogP contribution in [0.15, 0.2) is 30.7 Å². The summed E-state index contributed by atoms with van der Waals surface area (Å²) >= 11 is 5.84. The van der Waals surface area contributed by atoms with Gasteiger partial charge in [-0.1, -0.05) is 11.6 Å². The van der Waals surface area contributed by atoms with Gasteiger partial charge in [0.05, 0.1) is 11.2 Å². The third kappa shape index (κ3) is 3.82. The molecule has 1 N–H and O–H groups in total. The second-order valence-corrected chi connectivity index (χ2v) is 6.20. The molecule has 7 heteroatoms. The highest BCUT2D eigenvalue weighted by Gasteiger charge is 2.25. The Morgan fingerprint density at radius 3 is 3.13 bits per heavy atom. The van der Waals surface area contributed by atoms with E-state index < -0.39 is 0 Å². The Bertz CT molecular complexity index is 687. The fourth-order valence-corrected chi connectivity index (χ4v) is 3.13. The number of hydrogen-bond donors (Lipinski definition) is 1. The van der Waals surface area contributed by atoms with E-state index in [0.29, 0.717) is 10.9 Å². The van der Waals surface area contributed by atoms with Crippen LogP contribution in [0, 0.1) is 0 Å². The van der Waals surface area contributed by atoms with Gasteiger partial charge in [-0.05, 0) is 30.5 Å². The van der Waals surface area contributed by atoms with Gasteiger partial charge < -0.3 is 10.2 Å². The number of aromatic nitrogens is 3. The molecule has 0 radical (unpaired) electrons. The maximum Gasteiger partial charge on any atom is 0.244 e. The van der Waals surface area contributed by atoms with Gasteiger partial charge in [-0.15, -0.1) is 0 Å². The predicted octanol–water partition coefficient (Wildman–Crippen LogP) is 2.38. The zero-order valence-electron chi connectivity index (χ0n) is 13.1. The molecule has 1 amide bonds. The molecule has 23 heavy (non-hydrogen) atoms. The summed E-state index contributed by atoms with van der Waals surface area (Å²) in [6, 6.07) is 4.10. The Morgan fingerprint density at radius 2 is 2.39 bits per heavy atom. The van der Waals surface area contributed by atoms with Crippen molar-refractivity contribution in [2.75, 3.05) is 25.5 Å². The number of anilines is 1. The van der Waals surface area contributed by atoms with Gasteiger partial charge in [-0.2, -0.15) is 5.10 Å². The summed E-state index contributed by atoms with van der Waals surface area (Å²) in [7, 11) is 1.86. The predicted molar refractivity (Wildman–Crippen MR) is 89.6 cm³/mol. The third-order valence-electron chi connectivity index (χ3n) is 4.18. The molecule has 0 aromatic carbocycles. The molecule has 122 valence electrons. The van der Waals surface area contributed by atoms with Crippen molar-refractivity contribution in [1.29, 1.82) is 0 Å².